The van der Waals surface area contributed by atoms with Crippen molar-refractivity contribution < 1.29 is 9.53 Å². The minimum Gasteiger partial charge on any atom is -0.493 e. The van der Waals surface area contributed by atoms with Crippen molar-refractivity contribution in [3.05, 3.63) is 42.5 Å². The minimum atomic E-state index is 0.0719. The second kappa shape index (κ2) is 5.22. The zero-order valence-electron chi connectivity index (χ0n) is 8.32. The Kier molecular flexibility index (Phi) is 3.92. The maximum absolute atomic E-state index is 11.0. The minimum absolute atomic E-state index is 0.0719. The molecule has 0 spiro atoms. The van der Waals surface area contributed by atoms with Gasteiger partial charge in [-0.1, -0.05) is 6.08 Å². The molecule has 0 radical (unpaired) electrons. The van der Waals surface area contributed by atoms with E-state index in [0.29, 0.717) is 12.2 Å². The van der Waals surface area contributed by atoms with Crippen LogP contribution >= 0.6 is 0 Å². The SMILES string of the molecule is C=CCCOc1ccc(C(C)=O)cc1. The lowest BCUT2D eigenvalue weighted by Crippen LogP contribution is -1.96. The number of hydrogen-bond donors (Lipinski definition) is 0. The van der Waals surface area contributed by atoms with Crippen LogP contribution in [0.1, 0.15) is 23.7 Å². The largest absolute Gasteiger partial charge is 0.493 e. The zero-order valence-corrected chi connectivity index (χ0v) is 8.32. The Hall–Kier alpha value is -1.57. The van der Waals surface area contributed by atoms with Crippen LogP contribution in [0, 0.1) is 0 Å². The number of carbonyl (C=O) groups excluding carboxylic acids is 1. The summed E-state index contributed by atoms with van der Waals surface area (Å²) >= 11 is 0. The summed E-state index contributed by atoms with van der Waals surface area (Å²) in [5, 5.41) is 0. The molecule has 0 aliphatic heterocycles. The normalized spacial score (nSPS) is 9.50. The van der Waals surface area contributed by atoms with Crippen LogP contribution < -0.4 is 4.74 Å². The summed E-state index contributed by atoms with van der Waals surface area (Å²) in [6, 6.07) is 7.15. The van der Waals surface area contributed by atoms with Gasteiger partial charge in [-0.15, -0.1) is 6.58 Å². The first-order valence-electron chi connectivity index (χ1n) is 4.58. The Balaban J connectivity index is 2.55. The second-order valence-corrected chi connectivity index (χ2v) is 3.01. The molecule has 2 heteroatoms. The van der Waals surface area contributed by atoms with Crippen molar-refractivity contribution in [3.63, 3.8) is 0 Å². The van der Waals surface area contributed by atoms with Gasteiger partial charge < -0.3 is 4.74 Å². The van der Waals surface area contributed by atoms with Crippen LogP contribution in [0.15, 0.2) is 36.9 Å². The van der Waals surface area contributed by atoms with Gasteiger partial charge in [-0.3, -0.25) is 4.79 Å². The standard InChI is InChI=1S/C12H14O2/c1-3-4-9-14-12-7-5-11(6-8-12)10(2)13/h3,5-8H,1,4,9H2,2H3. The first-order valence-corrected chi connectivity index (χ1v) is 4.58. The predicted octanol–water partition coefficient (Wildman–Crippen LogP) is 2.84. The fourth-order valence-electron chi connectivity index (χ4n) is 1.05. The highest BCUT2D eigenvalue weighted by Crippen LogP contribution is 2.12. The lowest BCUT2D eigenvalue weighted by molar-refractivity contribution is 0.101. The fraction of sp³-hybridized carbons (Fsp3) is 0.250. The highest BCUT2D eigenvalue weighted by molar-refractivity contribution is 5.94. The highest BCUT2D eigenvalue weighted by atomic mass is 16.5. The van der Waals surface area contributed by atoms with E-state index in [4.69, 9.17) is 4.74 Å². The van der Waals surface area contributed by atoms with Crippen LogP contribution in [-0.2, 0) is 0 Å². The van der Waals surface area contributed by atoms with E-state index in [1.54, 1.807) is 31.2 Å². The second-order valence-electron chi connectivity index (χ2n) is 3.01. The Labute approximate surface area is 84.2 Å². The van der Waals surface area contributed by atoms with Crippen molar-refractivity contribution in [2.75, 3.05) is 6.61 Å². The van der Waals surface area contributed by atoms with Crippen molar-refractivity contribution in [1.29, 1.82) is 0 Å². The van der Waals surface area contributed by atoms with Crippen molar-refractivity contribution in [2.45, 2.75) is 13.3 Å². The van der Waals surface area contributed by atoms with Gasteiger partial charge in [0.15, 0.2) is 5.78 Å². The molecule has 1 aromatic rings. The summed E-state index contributed by atoms with van der Waals surface area (Å²) in [4.78, 5) is 11.0. The number of rotatable bonds is 5. The topological polar surface area (TPSA) is 26.3 Å². The third kappa shape index (κ3) is 3.05. The first-order chi connectivity index (χ1) is 6.74. The number of Topliss-reactive ketones (excluding diaryl/α,β-unsaturated/α-hetero) is 1. The van der Waals surface area contributed by atoms with E-state index in [-0.39, 0.29) is 5.78 Å². The van der Waals surface area contributed by atoms with E-state index in [0.717, 1.165) is 12.2 Å². The molecule has 0 unspecified atom stereocenters. The van der Waals surface area contributed by atoms with Gasteiger partial charge >= 0.3 is 0 Å². The number of benzene rings is 1. The van der Waals surface area contributed by atoms with Gasteiger partial charge in [0.1, 0.15) is 5.75 Å². The van der Waals surface area contributed by atoms with Crippen LogP contribution in [0.4, 0.5) is 0 Å². The molecule has 14 heavy (non-hydrogen) atoms. The summed E-state index contributed by atoms with van der Waals surface area (Å²) in [5.74, 6) is 0.861. The molecular weight excluding hydrogens is 176 g/mol. The van der Waals surface area contributed by atoms with Gasteiger partial charge in [-0.2, -0.15) is 0 Å². The molecule has 0 saturated carbocycles. The quantitative estimate of drug-likeness (QED) is 0.405. The molecule has 1 aromatic carbocycles. The van der Waals surface area contributed by atoms with Crippen LogP contribution in [0.25, 0.3) is 0 Å². The summed E-state index contributed by atoms with van der Waals surface area (Å²) in [5.41, 5.74) is 0.709. The molecule has 0 aliphatic rings. The number of ketones is 1. The van der Waals surface area contributed by atoms with Gasteiger partial charge in [0.05, 0.1) is 6.61 Å². The lowest BCUT2D eigenvalue weighted by atomic mass is 10.1. The Morgan fingerprint density at radius 3 is 2.57 bits per heavy atom. The molecule has 0 aromatic heterocycles. The van der Waals surface area contributed by atoms with Gasteiger partial charge in [0.25, 0.3) is 0 Å². The average molecular weight is 190 g/mol. The molecule has 0 saturated heterocycles. The molecule has 0 N–H and O–H groups in total. The number of ether oxygens (including phenoxy) is 1. The molecule has 0 bridgehead atoms. The van der Waals surface area contributed by atoms with Crippen LogP contribution in [0.3, 0.4) is 0 Å². The van der Waals surface area contributed by atoms with E-state index in [2.05, 4.69) is 6.58 Å². The predicted molar refractivity (Wildman–Crippen MR) is 56.8 cm³/mol. The van der Waals surface area contributed by atoms with Crippen molar-refractivity contribution in [3.8, 4) is 5.75 Å². The molecule has 0 aliphatic carbocycles. The Bertz CT molecular complexity index is 312. The average Bonchev–Trinajstić information content (AvgIpc) is 2.19. The van der Waals surface area contributed by atoms with Crippen LogP contribution in [-0.4, -0.2) is 12.4 Å². The summed E-state index contributed by atoms with van der Waals surface area (Å²) in [6.45, 7) is 5.78. The van der Waals surface area contributed by atoms with E-state index < -0.39 is 0 Å². The molecule has 0 heterocycles. The van der Waals surface area contributed by atoms with E-state index in [9.17, 15) is 4.79 Å². The number of hydrogen-bond acceptors (Lipinski definition) is 2. The third-order valence-corrected chi connectivity index (χ3v) is 1.85. The molecule has 0 fully saturated rings. The molecule has 2 nitrogen and oxygen atoms in total. The molecule has 0 amide bonds. The maximum atomic E-state index is 11.0. The van der Waals surface area contributed by atoms with E-state index in [1.165, 1.54) is 0 Å². The highest BCUT2D eigenvalue weighted by Gasteiger charge is 1.98. The van der Waals surface area contributed by atoms with Crippen molar-refractivity contribution in [1.82, 2.24) is 0 Å². The Morgan fingerprint density at radius 1 is 1.43 bits per heavy atom. The summed E-state index contributed by atoms with van der Waals surface area (Å²) in [7, 11) is 0. The van der Waals surface area contributed by atoms with Crippen molar-refractivity contribution >= 4 is 5.78 Å². The van der Waals surface area contributed by atoms with E-state index >= 15 is 0 Å². The lowest BCUT2D eigenvalue weighted by Gasteiger charge is -2.04. The van der Waals surface area contributed by atoms with Crippen LogP contribution in [0.2, 0.25) is 0 Å². The fourth-order valence-corrected chi connectivity index (χ4v) is 1.05. The Morgan fingerprint density at radius 2 is 2.07 bits per heavy atom. The third-order valence-electron chi connectivity index (χ3n) is 1.85. The first kappa shape index (κ1) is 10.5. The zero-order chi connectivity index (χ0) is 10.4. The van der Waals surface area contributed by atoms with Crippen LogP contribution in [0.5, 0.6) is 5.75 Å². The summed E-state index contributed by atoms with van der Waals surface area (Å²) < 4.78 is 5.40. The molecule has 74 valence electrons. The smallest absolute Gasteiger partial charge is 0.159 e. The van der Waals surface area contributed by atoms with Gasteiger partial charge in [-0.05, 0) is 37.6 Å². The molecule has 0 atom stereocenters. The number of carbonyl (C=O) groups is 1. The van der Waals surface area contributed by atoms with Gasteiger partial charge in [0.2, 0.25) is 0 Å². The maximum Gasteiger partial charge on any atom is 0.159 e. The monoisotopic (exact) mass is 190 g/mol. The van der Waals surface area contributed by atoms with Crippen molar-refractivity contribution in [2.24, 2.45) is 0 Å². The van der Waals surface area contributed by atoms with Gasteiger partial charge in [-0.25, -0.2) is 0 Å². The summed E-state index contributed by atoms with van der Waals surface area (Å²) in [6.07, 6.45) is 2.64. The van der Waals surface area contributed by atoms with E-state index in [1.807, 2.05) is 6.08 Å². The van der Waals surface area contributed by atoms with Gasteiger partial charge in [0, 0.05) is 5.56 Å². The molecule has 1 rings (SSSR count). The molecular formula is C12H14O2.